The first-order chi connectivity index (χ1) is 10.0. The Morgan fingerprint density at radius 1 is 1.43 bits per heavy atom. The van der Waals surface area contributed by atoms with E-state index >= 15 is 0 Å². The van der Waals surface area contributed by atoms with E-state index in [0.717, 1.165) is 38.9 Å². The number of likely N-dealkylation sites (tertiary alicyclic amines) is 1. The highest BCUT2D eigenvalue weighted by Crippen LogP contribution is 2.21. The van der Waals surface area contributed by atoms with E-state index in [2.05, 4.69) is 11.8 Å². The maximum atomic E-state index is 13.3. The number of carbonyl (C=O) groups excluding carboxylic acids is 1. The van der Waals surface area contributed by atoms with E-state index in [1.807, 2.05) is 0 Å². The molecule has 1 amide bonds. The van der Waals surface area contributed by atoms with Crippen molar-refractivity contribution in [2.75, 3.05) is 32.4 Å². The van der Waals surface area contributed by atoms with Crippen molar-refractivity contribution in [2.24, 2.45) is 0 Å². The molecule has 4 nitrogen and oxygen atoms in total. The van der Waals surface area contributed by atoms with Crippen molar-refractivity contribution in [1.82, 2.24) is 9.80 Å². The minimum absolute atomic E-state index is 0.194. The molecule has 2 N–H and O–H groups in total. The summed E-state index contributed by atoms with van der Waals surface area (Å²) in [4.78, 5) is 16.6. The van der Waals surface area contributed by atoms with Gasteiger partial charge in [-0.3, -0.25) is 4.79 Å². The number of nitrogens with zero attached hydrogens (tertiary/aromatic N) is 2. The Bertz CT molecular complexity index is 498. The second kappa shape index (κ2) is 6.89. The Hall–Kier alpha value is -1.62. The Morgan fingerprint density at radius 2 is 2.10 bits per heavy atom. The third-order valence-corrected chi connectivity index (χ3v) is 4.21. The molecule has 1 aromatic carbocycles. The quantitative estimate of drug-likeness (QED) is 0.867. The van der Waals surface area contributed by atoms with Gasteiger partial charge >= 0.3 is 0 Å². The van der Waals surface area contributed by atoms with Crippen LogP contribution in [0.25, 0.3) is 0 Å². The summed E-state index contributed by atoms with van der Waals surface area (Å²) in [5.74, 6) is -0.625. The minimum Gasteiger partial charge on any atom is -0.398 e. The number of piperidine rings is 1. The van der Waals surface area contributed by atoms with Crippen molar-refractivity contribution in [3.63, 3.8) is 0 Å². The highest BCUT2D eigenvalue weighted by molar-refractivity contribution is 5.99. The summed E-state index contributed by atoms with van der Waals surface area (Å²) in [6.07, 6.45) is 3.06. The molecule has 2 rings (SSSR count). The van der Waals surface area contributed by atoms with Gasteiger partial charge in [0.05, 0.1) is 5.56 Å². The lowest BCUT2D eigenvalue weighted by Gasteiger charge is -2.36. The zero-order chi connectivity index (χ0) is 15.4. The Morgan fingerprint density at radius 3 is 2.71 bits per heavy atom. The van der Waals surface area contributed by atoms with Crippen molar-refractivity contribution < 1.29 is 9.18 Å². The first-order valence-corrected chi connectivity index (χ1v) is 7.57. The van der Waals surface area contributed by atoms with Gasteiger partial charge in [0.2, 0.25) is 0 Å². The van der Waals surface area contributed by atoms with Crippen molar-refractivity contribution in [2.45, 2.75) is 32.2 Å². The molecule has 0 aromatic heterocycles. The van der Waals surface area contributed by atoms with Crippen LogP contribution in [-0.4, -0.2) is 48.4 Å². The number of amides is 1. The smallest absolute Gasteiger partial charge is 0.256 e. The molecule has 1 aliphatic rings. The van der Waals surface area contributed by atoms with Crippen LogP contribution in [0, 0.1) is 5.82 Å². The number of rotatable bonds is 4. The van der Waals surface area contributed by atoms with E-state index in [1.165, 1.54) is 18.2 Å². The molecule has 0 bridgehead atoms. The maximum Gasteiger partial charge on any atom is 0.256 e. The molecule has 1 aliphatic heterocycles. The van der Waals surface area contributed by atoms with Crippen LogP contribution >= 0.6 is 0 Å². The number of carbonyl (C=O) groups is 1. The molecule has 0 saturated carbocycles. The number of hydrogen-bond donors (Lipinski definition) is 1. The molecule has 1 heterocycles. The summed E-state index contributed by atoms with van der Waals surface area (Å²) in [6, 6.07) is 4.14. The van der Waals surface area contributed by atoms with Crippen molar-refractivity contribution in [3.05, 3.63) is 29.6 Å². The lowest BCUT2D eigenvalue weighted by Crippen LogP contribution is -2.45. The van der Waals surface area contributed by atoms with Gasteiger partial charge < -0.3 is 15.5 Å². The summed E-state index contributed by atoms with van der Waals surface area (Å²) in [5, 5.41) is 0. The molecule has 0 unspecified atom stereocenters. The van der Waals surface area contributed by atoms with Gasteiger partial charge in [0, 0.05) is 31.9 Å². The number of nitrogens with two attached hydrogens (primary N) is 1. The van der Waals surface area contributed by atoms with Crippen LogP contribution in [0.15, 0.2) is 18.2 Å². The van der Waals surface area contributed by atoms with Crippen LogP contribution in [0.1, 0.15) is 36.5 Å². The Balaban J connectivity index is 2.01. The average Bonchev–Trinajstić information content (AvgIpc) is 2.49. The van der Waals surface area contributed by atoms with Crippen molar-refractivity contribution in [1.29, 1.82) is 0 Å². The number of halogens is 1. The van der Waals surface area contributed by atoms with Crippen LogP contribution in [0.4, 0.5) is 10.1 Å². The van der Waals surface area contributed by atoms with Crippen LogP contribution in [0.2, 0.25) is 0 Å². The van der Waals surface area contributed by atoms with E-state index in [4.69, 9.17) is 5.73 Å². The van der Waals surface area contributed by atoms with Crippen LogP contribution in [-0.2, 0) is 0 Å². The van der Waals surface area contributed by atoms with Crippen molar-refractivity contribution >= 4 is 11.6 Å². The van der Waals surface area contributed by atoms with Crippen LogP contribution in [0.3, 0.4) is 0 Å². The molecule has 5 heteroatoms. The largest absolute Gasteiger partial charge is 0.398 e. The van der Waals surface area contributed by atoms with Gasteiger partial charge in [-0.15, -0.1) is 0 Å². The summed E-state index contributed by atoms with van der Waals surface area (Å²) in [6.45, 7) is 5.30. The van der Waals surface area contributed by atoms with Crippen LogP contribution < -0.4 is 5.73 Å². The second-order valence-corrected chi connectivity index (χ2v) is 5.72. The van der Waals surface area contributed by atoms with Crippen molar-refractivity contribution in [3.8, 4) is 0 Å². The van der Waals surface area contributed by atoms with Gasteiger partial charge in [-0.25, -0.2) is 4.39 Å². The lowest BCUT2D eigenvalue weighted by atomic mass is 10.0. The fourth-order valence-corrected chi connectivity index (χ4v) is 2.92. The first kappa shape index (κ1) is 15.8. The second-order valence-electron chi connectivity index (χ2n) is 5.72. The molecule has 116 valence electrons. The third kappa shape index (κ3) is 3.73. The highest BCUT2D eigenvalue weighted by atomic mass is 19.1. The molecule has 1 fully saturated rings. The van der Waals surface area contributed by atoms with Gasteiger partial charge in [-0.2, -0.15) is 0 Å². The molecule has 0 spiro atoms. The predicted molar refractivity (Wildman–Crippen MR) is 82.7 cm³/mol. The number of nitrogen functional groups attached to an aromatic ring is 1. The van der Waals surface area contributed by atoms with Gasteiger partial charge in [-0.1, -0.05) is 6.92 Å². The standard InChI is InChI=1S/C16H24FN3O/c1-3-8-20-9-6-13(7-10-20)19(2)16(21)14-11-12(17)4-5-15(14)18/h4-5,11,13H,3,6-10,18H2,1-2H3. The number of anilines is 1. The highest BCUT2D eigenvalue weighted by Gasteiger charge is 2.26. The SMILES string of the molecule is CCCN1CCC(N(C)C(=O)c2cc(F)ccc2N)CC1. The predicted octanol–water partition coefficient (Wildman–Crippen LogP) is 2.35. The summed E-state index contributed by atoms with van der Waals surface area (Å²) < 4.78 is 13.3. The average molecular weight is 293 g/mol. The number of hydrogen-bond acceptors (Lipinski definition) is 3. The van der Waals surface area contributed by atoms with Gasteiger partial charge in [0.1, 0.15) is 5.82 Å². The van der Waals surface area contributed by atoms with E-state index in [1.54, 1.807) is 11.9 Å². The van der Waals surface area contributed by atoms with Gasteiger partial charge in [-0.05, 0) is 44.0 Å². The fraction of sp³-hybridized carbons (Fsp3) is 0.562. The van der Waals surface area contributed by atoms with Gasteiger partial charge in [0.25, 0.3) is 5.91 Å². The summed E-state index contributed by atoms with van der Waals surface area (Å²) >= 11 is 0. The molecule has 1 saturated heterocycles. The molecular formula is C16H24FN3O. The molecule has 1 aromatic rings. The minimum atomic E-state index is -0.432. The third-order valence-electron chi connectivity index (χ3n) is 4.21. The topological polar surface area (TPSA) is 49.6 Å². The Kier molecular flexibility index (Phi) is 5.17. The first-order valence-electron chi connectivity index (χ1n) is 7.57. The van der Waals surface area contributed by atoms with Gasteiger partial charge in [0.15, 0.2) is 0 Å². The van der Waals surface area contributed by atoms with E-state index in [0.29, 0.717) is 5.69 Å². The lowest BCUT2D eigenvalue weighted by molar-refractivity contribution is 0.0643. The molecule has 21 heavy (non-hydrogen) atoms. The molecular weight excluding hydrogens is 269 g/mol. The monoisotopic (exact) mass is 293 g/mol. The summed E-state index contributed by atoms with van der Waals surface area (Å²) in [5.41, 5.74) is 6.39. The fourth-order valence-electron chi connectivity index (χ4n) is 2.92. The van der Waals surface area contributed by atoms with Crippen LogP contribution in [0.5, 0.6) is 0 Å². The van der Waals surface area contributed by atoms with E-state index in [9.17, 15) is 9.18 Å². The zero-order valence-electron chi connectivity index (χ0n) is 12.8. The summed E-state index contributed by atoms with van der Waals surface area (Å²) in [7, 11) is 1.78. The normalized spacial score (nSPS) is 16.9. The molecule has 0 atom stereocenters. The molecule has 0 radical (unpaired) electrons. The Labute approximate surface area is 125 Å². The maximum absolute atomic E-state index is 13.3. The molecule has 0 aliphatic carbocycles. The van der Waals surface area contributed by atoms with E-state index < -0.39 is 5.82 Å². The zero-order valence-corrected chi connectivity index (χ0v) is 12.8. The van der Waals surface area contributed by atoms with E-state index in [-0.39, 0.29) is 17.5 Å². The number of benzene rings is 1.